The van der Waals surface area contributed by atoms with Gasteiger partial charge in [0.05, 0.1) is 12.8 Å². The van der Waals surface area contributed by atoms with Crippen molar-refractivity contribution in [3.8, 4) is 11.4 Å². The SMILES string of the molecule is COc1ccc(-n2nnnc2C(F)(F)F)cc1CN1C[C@@H]2CN(S(=O)(=O)CC(F)(F)F)CCN2[C@H](C(c2ccccc2)c2ccccc2)C1.Cl.Cl. The molecule has 2 aliphatic rings. The zero-order chi connectivity index (χ0) is 35.0. The molecule has 3 aromatic carbocycles. The molecule has 0 unspecified atom stereocenters. The molecule has 6 rings (SSSR count). The first-order chi connectivity index (χ1) is 23.2. The van der Waals surface area contributed by atoms with Crippen molar-refractivity contribution in [2.45, 2.75) is 36.9 Å². The van der Waals surface area contributed by atoms with Crippen LogP contribution in [0.4, 0.5) is 26.3 Å². The summed E-state index contributed by atoms with van der Waals surface area (Å²) in [4.78, 5) is 4.22. The Morgan fingerprint density at radius 2 is 1.49 bits per heavy atom. The molecule has 2 aliphatic heterocycles. The van der Waals surface area contributed by atoms with E-state index in [1.165, 1.54) is 25.3 Å². The molecule has 2 saturated heterocycles. The maximum atomic E-state index is 13.6. The minimum atomic E-state index is -4.89. The molecular weight excluding hydrogens is 747 g/mol. The van der Waals surface area contributed by atoms with Gasteiger partial charge in [0.25, 0.3) is 5.82 Å². The van der Waals surface area contributed by atoms with Crippen LogP contribution in [-0.2, 0) is 22.7 Å². The van der Waals surface area contributed by atoms with Crippen LogP contribution in [0.25, 0.3) is 5.69 Å². The second-order valence-electron chi connectivity index (χ2n) is 12.1. The van der Waals surface area contributed by atoms with Crippen LogP contribution >= 0.6 is 24.8 Å². The van der Waals surface area contributed by atoms with Crippen LogP contribution in [0.5, 0.6) is 5.75 Å². The number of methoxy groups -OCH3 is 1. The van der Waals surface area contributed by atoms with Gasteiger partial charge in [0, 0.05) is 62.8 Å². The van der Waals surface area contributed by atoms with Crippen molar-refractivity contribution < 1.29 is 39.5 Å². The molecule has 0 spiro atoms. The van der Waals surface area contributed by atoms with Gasteiger partial charge in [-0.1, -0.05) is 60.7 Å². The molecule has 10 nitrogen and oxygen atoms in total. The predicted octanol–water partition coefficient (Wildman–Crippen LogP) is 5.43. The van der Waals surface area contributed by atoms with E-state index in [-0.39, 0.29) is 75.2 Å². The number of ether oxygens (including phenoxy) is 1. The van der Waals surface area contributed by atoms with Crippen molar-refractivity contribution in [2.75, 3.05) is 45.6 Å². The summed E-state index contributed by atoms with van der Waals surface area (Å²) >= 11 is 0. The van der Waals surface area contributed by atoms with E-state index in [9.17, 15) is 34.8 Å². The number of tetrazole rings is 1. The third-order valence-electron chi connectivity index (χ3n) is 8.90. The van der Waals surface area contributed by atoms with E-state index in [1.54, 1.807) is 0 Å². The van der Waals surface area contributed by atoms with Crippen molar-refractivity contribution >= 4 is 34.8 Å². The summed E-state index contributed by atoms with van der Waals surface area (Å²) in [5, 5.41) is 9.89. The predicted molar refractivity (Wildman–Crippen MR) is 181 cm³/mol. The van der Waals surface area contributed by atoms with Gasteiger partial charge in [-0.25, -0.2) is 8.42 Å². The van der Waals surface area contributed by atoms with E-state index < -0.39 is 40.0 Å². The number of nitrogens with zero attached hydrogens (tertiary/aromatic N) is 7. The highest BCUT2D eigenvalue weighted by molar-refractivity contribution is 7.89. The van der Waals surface area contributed by atoms with Gasteiger partial charge in [-0.05, 0) is 39.8 Å². The Morgan fingerprint density at radius 1 is 0.863 bits per heavy atom. The molecule has 51 heavy (non-hydrogen) atoms. The zero-order valence-corrected chi connectivity index (χ0v) is 29.5. The molecule has 4 aromatic rings. The molecule has 0 bridgehead atoms. The minimum Gasteiger partial charge on any atom is -0.496 e. The highest BCUT2D eigenvalue weighted by Gasteiger charge is 2.46. The molecule has 2 fully saturated rings. The average Bonchev–Trinajstić information content (AvgIpc) is 3.56. The molecular formula is C32H35Cl2F6N7O3S. The van der Waals surface area contributed by atoms with Crippen molar-refractivity contribution in [3.05, 3.63) is 101 Å². The van der Waals surface area contributed by atoms with E-state index in [0.717, 1.165) is 15.4 Å². The largest absolute Gasteiger partial charge is 0.496 e. The number of benzene rings is 3. The highest BCUT2D eigenvalue weighted by Crippen LogP contribution is 2.37. The monoisotopic (exact) mass is 781 g/mol. The Labute approximate surface area is 303 Å². The Balaban J connectivity index is 0.00000292. The van der Waals surface area contributed by atoms with Crippen molar-refractivity contribution in [1.29, 1.82) is 0 Å². The van der Waals surface area contributed by atoms with Crippen LogP contribution < -0.4 is 4.74 Å². The summed E-state index contributed by atoms with van der Waals surface area (Å²) in [7, 11) is -3.20. The van der Waals surface area contributed by atoms with Crippen LogP contribution in [0.15, 0.2) is 78.9 Å². The lowest BCUT2D eigenvalue weighted by atomic mass is 9.81. The number of sulfonamides is 1. The zero-order valence-electron chi connectivity index (χ0n) is 27.0. The van der Waals surface area contributed by atoms with E-state index in [0.29, 0.717) is 22.5 Å². The van der Waals surface area contributed by atoms with Gasteiger partial charge >= 0.3 is 12.4 Å². The third kappa shape index (κ3) is 9.13. The van der Waals surface area contributed by atoms with E-state index in [2.05, 4.69) is 20.4 Å². The molecule has 278 valence electrons. The maximum Gasteiger partial charge on any atom is 0.453 e. The Bertz CT molecular complexity index is 1810. The second kappa shape index (κ2) is 16.0. The number of hydrogen-bond donors (Lipinski definition) is 0. The number of halogens is 8. The lowest BCUT2D eigenvalue weighted by molar-refractivity contribution is -0.146. The number of piperazine rings is 2. The van der Waals surface area contributed by atoms with Crippen LogP contribution in [0, 0.1) is 0 Å². The topological polar surface area (TPSA) is 96.7 Å². The van der Waals surface area contributed by atoms with Gasteiger partial charge in [-0.2, -0.15) is 35.3 Å². The number of hydrogen-bond acceptors (Lipinski definition) is 8. The minimum absolute atomic E-state index is 0. The molecule has 0 N–H and O–H groups in total. The fourth-order valence-electron chi connectivity index (χ4n) is 6.92. The quantitative estimate of drug-likeness (QED) is 0.208. The molecule has 0 aliphatic carbocycles. The lowest BCUT2D eigenvalue weighted by Gasteiger charge is -2.53. The Kier molecular flexibility index (Phi) is 12.7. The standard InChI is InChI=1S/C32H33F6N7O3S.2ClH/c1-48-28-13-12-25(45-30(32(36,37)38)39-40-41-45)16-24(28)17-42-18-26-19-43(49(46,47)21-31(33,34)35)14-15-44(26)27(20-42)29(22-8-4-2-5-9-22)23-10-6-3-7-11-23;;/h2-13,16,26-27,29H,14-15,17-21H2,1H3;2*1H/t26-,27+;;/m1../s1. The summed E-state index contributed by atoms with van der Waals surface area (Å²) in [5.74, 6) is -3.05. The van der Waals surface area contributed by atoms with Crippen LogP contribution in [0.3, 0.4) is 0 Å². The fraction of sp³-hybridized carbons (Fsp3) is 0.406. The summed E-state index contributed by atoms with van der Waals surface area (Å²) < 4.78 is 114. The molecule has 1 aromatic heterocycles. The van der Waals surface area contributed by atoms with Crippen molar-refractivity contribution in [3.63, 3.8) is 0 Å². The maximum absolute atomic E-state index is 13.6. The summed E-state index contributed by atoms with van der Waals surface area (Å²) in [6, 6.07) is 23.2. The Hall–Kier alpha value is -3.48. The lowest BCUT2D eigenvalue weighted by Crippen LogP contribution is -2.67. The van der Waals surface area contributed by atoms with E-state index >= 15 is 0 Å². The highest BCUT2D eigenvalue weighted by atomic mass is 35.5. The van der Waals surface area contributed by atoms with Gasteiger partial charge in [0.15, 0.2) is 5.75 Å². The summed E-state index contributed by atoms with van der Waals surface area (Å²) in [6.07, 6.45) is -9.70. The van der Waals surface area contributed by atoms with Gasteiger partial charge < -0.3 is 4.74 Å². The van der Waals surface area contributed by atoms with Gasteiger partial charge in [-0.3, -0.25) is 9.80 Å². The Morgan fingerprint density at radius 3 is 2.06 bits per heavy atom. The molecule has 3 heterocycles. The number of alkyl halides is 6. The first-order valence-corrected chi connectivity index (χ1v) is 17.0. The average molecular weight is 783 g/mol. The van der Waals surface area contributed by atoms with Gasteiger partial charge in [0.2, 0.25) is 10.0 Å². The van der Waals surface area contributed by atoms with Crippen molar-refractivity contribution in [2.24, 2.45) is 0 Å². The van der Waals surface area contributed by atoms with Crippen LogP contribution in [-0.4, -0.2) is 107 Å². The van der Waals surface area contributed by atoms with Gasteiger partial charge in [-0.15, -0.1) is 29.9 Å². The number of rotatable bonds is 9. The van der Waals surface area contributed by atoms with Crippen LogP contribution in [0.1, 0.15) is 28.4 Å². The fourth-order valence-corrected chi connectivity index (χ4v) is 8.27. The van der Waals surface area contributed by atoms with E-state index in [4.69, 9.17) is 4.74 Å². The van der Waals surface area contributed by atoms with Crippen LogP contribution in [0.2, 0.25) is 0 Å². The first kappa shape index (κ1) is 40.3. The third-order valence-corrected chi connectivity index (χ3v) is 10.7. The molecule has 0 radical (unpaired) electrons. The van der Waals surface area contributed by atoms with Gasteiger partial charge in [0.1, 0.15) is 5.75 Å². The molecule has 0 saturated carbocycles. The first-order valence-electron chi connectivity index (χ1n) is 15.4. The molecule has 0 amide bonds. The number of fused-ring (bicyclic) bond motifs is 1. The molecule has 2 atom stereocenters. The normalized spacial score (nSPS) is 19.2. The van der Waals surface area contributed by atoms with E-state index in [1.807, 2.05) is 65.6 Å². The number of aromatic nitrogens is 4. The smallest absolute Gasteiger partial charge is 0.453 e. The molecule has 19 heteroatoms. The second-order valence-corrected chi connectivity index (χ2v) is 14.1. The summed E-state index contributed by atoms with van der Waals surface area (Å²) in [6.45, 7) is 0.869. The van der Waals surface area contributed by atoms with Crippen molar-refractivity contribution in [1.82, 2.24) is 34.3 Å². The summed E-state index contributed by atoms with van der Waals surface area (Å²) in [5.41, 5.74) is 2.58.